The van der Waals surface area contributed by atoms with Gasteiger partial charge < -0.3 is 10.1 Å². The second-order valence-electron chi connectivity index (χ2n) is 5.42. The van der Waals surface area contributed by atoms with E-state index >= 15 is 0 Å². The lowest BCUT2D eigenvalue weighted by atomic mass is 9.93. The number of ether oxygens (including phenoxy) is 1. The normalized spacial score (nSPS) is 13.0. The molecule has 0 radical (unpaired) electrons. The maximum absolute atomic E-state index is 9.57. The van der Waals surface area contributed by atoms with Gasteiger partial charge >= 0.3 is 0 Å². The Balaban J connectivity index is 2.21. The molecular formula is C18H20N2O. The number of nitrogens with zero attached hydrogens (tertiary/aromatic N) is 1. The highest BCUT2D eigenvalue weighted by molar-refractivity contribution is 5.49. The summed E-state index contributed by atoms with van der Waals surface area (Å²) in [6.07, 6.45) is 0.571. The summed E-state index contributed by atoms with van der Waals surface area (Å²) in [5.74, 6) is 0.810. The van der Waals surface area contributed by atoms with E-state index in [9.17, 15) is 5.26 Å². The quantitative estimate of drug-likeness (QED) is 0.902. The van der Waals surface area contributed by atoms with Crippen molar-refractivity contribution in [3.05, 3.63) is 59.7 Å². The molecule has 0 aliphatic carbocycles. The van der Waals surface area contributed by atoms with E-state index in [4.69, 9.17) is 4.74 Å². The van der Waals surface area contributed by atoms with E-state index in [1.54, 1.807) is 7.11 Å². The third kappa shape index (κ3) is 3.76. The van der Waals surface area contributed by atoms with Crippen LogP contribution in [-0.2, 0) is 6.42 Å². The van der Waals surface area contributed by atoms with Gasteiger partial charge in [0.15, 0.2) is 0 Å². The van der Waals surface area contributed by atoms with Crippen LogP contribution in [0.5, 0.6) is 5.75 Å². The third-order valence-corrected chi connectivity index (χ3v) is 3.46. The van der Waals surface area contributed by atoms with Gasteiger partial charge in [-0.2, -0.15) is 5.26 Å². The van der Waals surface area contributed by atoms with Gasteiger partial charge in [0.2, 0.25) is 0 Å². The maximum Gasteiger partial charge on any atom is 0.126 e. The largest absolute Gasteiger partial charge is 0.496 e. The van der Waals surface area contributed by atoms with Crippen LogP contribution in [0, 0.1) is 18.3 Å². The lowest BCUT2D eigenvalue weighted by molar-refractivity contribution is 0.407. The molecule has 0 aromatic heterocycles. The Morgan fingerprint density at radius 1 is 1.14 bits per heavy atom. The molecule has 21 heavy (non-hydrogen) atoms. The van der Waals surface area contributed by atoms with Crippen LogP contribution in [0.1, 0.15) is 18.1 Å². The van der Waals surface area contributed by atoms with Gasteiger partial charge in [-0.15, -0.1) is 0 Å². The molecule has 1 atom stereocenters. The lowest BCUT2D eigenvalue weighted by Crippen LogP contribution is -2.35. The number of aryl methyl sites for hydroxylation is 1. The van der Waals surface area contributed by atoms with E-state index in [1.165, 1.54) is 5.56 Å². The van der Waals surface area contributed by atoms with Gasteiger partial charge in [0.05, 0.1) is 13.2 Å². The van der Waals surface area contributed by atoms with E-state index in [0.29, 0.717) is 6.42 Å². The van der Waals surface area contributed by atoms with Crippen LogP contribution in [0.2, 0.25) is 0 Å². The number of methoxy groups -OCH3 is 1. The zero-order valence-corrected chi connectivity index (χ0v) is 12.7. The number of hydrogen-bond donors (Lipinski definition) is 1. The maximum atomic E-state index is 9.57. The molecule has 3 nitrogen and oxygen atoms in total. The van der Waals surface area contributed by atoms with Gasteiger partial charge in [0.1, 0.15) is 11.3 Å². The van der Waals surface area contributed by atoms with Crippen molar-refractivity contribution < 1.29 is 4.74 Å². The van der Waals surface area contributed by atoms with E-state index in [1.807, 2.05) is 62.4 Å². The Labute approximate surface area is 126 Å². The molecule has 0 fully saturated rings. The molecule has 2 aromatic carbocycles. The summed E-state index contributed by atoms with van der Waals surface area (Å²) in [4.78, 5) is 0. The van der Waals surface area contributed by atoms with Crippen LogP contribution in [0.3, 0.4) is 0 Å². The molecule has 0 heterocycles. The number of anilines is 1. The van der Waals surface area contributed by atoms with E-state index < -0.39 is 5.54 Å². The molecule has 1 N–H and O–H groups in total. The molecule has 1 unspecified atom stereocenters. The molecule has 108 valence electrons. The third-order valence-electron chi connectivity index (χ3n) is 3.46. The number of rotatable bonds is 5. The fraction of sp³-hybridized carbons (Fsp3) is 0.278. The average molecular weight is 280 g/mol. The number of benzene rings is 2. The van der Waals surface area contributed by atoms with Crippen LogP contribution >= 0.6 is 0 Å². The molecule has 0 amide bonds. The topological polar surface area (TPSA) is 45.0 Å². The standard InChI is InChI=1S/C18H20N2O/c1-14-8-10-16(11-9-14)20-18(2,13-19)12-15-6-4-5-7-17(15)21-3/h4-11,20H,12H2,1-3H3. The molecular weight excluding hydrogens is 260 g/mol. The van der Waals surface area contributed by atoms with Crippen molar-refractivity contribution in [2.24, 2.45) is 0 Å². The minimum Gasteiger partial charge on any atom is -0.496 e. The first-order valence-corrected chi connectivity index (χ1v) is 6.94. The van der Waals surface area contributed by atoms with Crippen LogP contribution in [-0.4, -0.2) is 12.6 Å². The van der Waals surface area contributed by atoms with E-state index in [0.717, 1.165) is 17.0 Å². The van der Waals surface area contributed by atoms with E-state index in [-0.39, 0.29) is 0 Å². The molecule has 2 aromatic rings. The van der Waals surface area contributed by atoms with Crippen LogP contribution in [0.15, 0.2) is 48.5 Å². The highest BCUT2D eigenvalue weighted by atomic mass is 16.5. The van der Waals surface area contributed by atoms with Gasteiger partial charge in [-0.05, 0) is 37.6 Å². The summed E-state index contributed by atoms with van der Waals surface area (Å²) >= 11 is 0. The first kappa shape index (κ1) is 14.9. The first-order valence-electron chi connectivity index (χ1n) is 6.94. The SMILES string of the molecule is COc1ccccc1CC(C)(C#N)Nc1ccc(C)cc1. The zero-order valence-electron chi connectivity index (χ0n) is 12.7. The van der Waals surface area contributed by atoms with Crippen LogP contribution in [0.25, 0.3) is 0 Å². The summed E-state index contributed by atoms with van der Waals surface area (Å²) in [6.45, 7) is 3.95. The molecule has 0 spiro atoms. The molecule has 0 aliphatic rings. The van der Waals surface area contributed by atoms with Gasteiger partial charge in [-0.3, -0.25) is 0 Å². The Morgan fingerprint density at radius 2 is 1.81 bits per heavy atom. The molecule has 3 heteroatoms. The Morgan fingerprint density at radius 3 is 2.43 bits per heavy atom. The van der Waals surface area contributed by atoms with Crippen molar-refractivity contribution in [3.8, 4) is 11.8 Å². The van der Waals surface area contributed by atoms with E-state index in [2.05, 4.69) is 11.4 Å². The summed E-state index contributed by atoms with van der Waals surface area (Å²) in [5, 5.41) is 12.9. The summed E-state index contributed by atoms with van der Waals surface area (Å²) in [7, 11) is 1.65. The second kappa shape index (κ2) is 6.32. The summed E-state index contributed by atoms with van der Waals surface area (Å²) in [5.41, 5.74) is 2.47. The number of nitriles is 1. The summed E-state index contributed by atoms with van der Waals surface area (Å²) in [6, 6.07) is 18.2. The van der Waals surface area contributed by atoms with Gasteiger partial charge in [-0.1, -0.05) is 35.9 Å². The monoisotopic (exact) mass is 280 g/mol. The highest BCUT2D eigenvalue weighted by Gasteiger charge is 2.25. The second-order valence-corrected chi connectivity index (χ2v) is 5.42. The number of nitrogens with one attached hydrogen (secondary N) is 1. The Bertz CT molecular complexity index is 643. The van der Waals surface area contributed by atoms with Crippen molar-refractivity contribution in [2.45, 2.75) is 25.8 Å². The Kier molecular flexibility index (Phi) is 4.49. The molecule has 0 saturated carbocycles. The molecule has 0 saturated heterocycles. The fourth-order valence-corrected chi connectivity index (χ4v) is 2.30. The zero-order chi connectivity index (χ0) is 15.3. The molecule has 2 rings (SSSR count). The predicted molar refractivity (Wildman–Crippen MR) is 85.5 cm³/mol. The lowest BCUT2D eigenvalue weighted by Gasteiger charge is -2.25. The minimum absolute atomic E-state index is 0.571. The molecule has 0 bridgehead atoms. The smallest absolute Gasteiger partial charge is 0.126 e. The Hall–Kier alpha value is -2.47. The van der Waals surface area contributed by atoms with Crippen LogP contribution in [0.4, 0.5) is 5.69 Å². The van der Waals surface area contributed by atoms with Crippen molar-refractivity contribution in [2.75, 3.05) is 12.4 Å². The van der Waals surface area contributed by atoms with Crippen molar-refractivity contribution in [1.29, 1.82) is 5.26 Å². The van der Waals surface area contributed by atoms with Crippen molar-refractivity contribution in [1.82, 2.24) is 0 Å². The molecule has 0 aliphatic heterocycles. The summed E-state index contributed by atoms with van der Waals surface area (Å²) < 4.78 is 5.36. The van der Waals surface area contributed by atoms with Crippen molar-refractivity contribution >= 4 is 5.69 Å². The van der Waals surface area contributed by atoms with Gasteiger partial charge in [0, 0.05) is 12.1 Å². The predicted octanol–water partition coefficient (Wildman–Crippen LogP) is 3.94. The average Bonchev–Trinajstić information content (AvgIpc) is 2.50. The van der Waals surface area contributed by atoms with Gasteiger partial charge in [0.25, 0.3) is 0 Å². The number of para-hydroxylation sites is 1. The highest BCUT2D eigenvalue weighted by Crippen LogP contribution is 2.25. The van der Waals surface area contributed by atoms with Crippen LogP contribution < -0.4 is 10.1 Å². The van der Waals surface area contributed by atoms with Crippen molar-refractivity contribution in [3.63, 3.8) is 0 Å². The first-order chi connectivity index (χ1) is 10.1. The fourth-order valence-electron chi connectivity index (χ4n) is 2.30. The van der Waals surface area contributed by atoms with Gasteiger partial charge in [-0.25, -0.2) is 0 Å². The minimum atomic E-state index is -0.691. The number of hydrogen-bond acceptors (Lipinski definition) is 3.